The van der Waals surface area contributed by atoms with Gasteiger partial charge < -0.3 is 20.1 Å². The van der Waals surface area contributed by atoms with Gasteiger partial charge in [0.1, 0.15) is 29.5 Å². The third-order valence-corrected chi connectivity index (χ3v) is 3.76. The first-order valence-corrected chi connectivity index (χ1v) is 7.41. The Bertz CT molecular complexity index is 869. The van der Waals surface area contributed by atoms with Gasteiger partial charge >= 0.3 is 0 Å². The summed E-state index contributed by atoms with van der Waals surface area (Å²) < 4.78 is 10.7. The number of rotatable bonds is 5. The average molecular weight is 325 g/mol. The number of ether oxygens (including phenoxy) is 2. The lowest BCUT2D eigenvalue weighted by Gasteiger charge is -2.21. The van der Waals surface area contributed by atoms with Crippen molar-refractivity contribution in [3.05, 3.63) is 42.2 Å². The zero-order valence-electron chi connectivity index (χ0n) is 13.9. The lowest BCUT2D eigenvalue weighted by Crippen LogP contribution is -2.19. The van der Waals surface area contributed by atoms with Gasteiger partial charge in [-0.05, 0) is 24.3 Å². The van der Waals surface area contributed by atoms with Crippen molar-refractivity contribution in [1.82, 2.24) is 15.0 Å². The van der Waals surface area contributed by atoms with E-state index in [9.17, 15) is 0 Å². The van der Waals surface area contributed by atoms with Gasteiger partial charge in [0.25, 0.3) is 0 Å². The molecule has 1 aromatic carbocycles. The van der Waals surface area contributed by atoms with Crippen LogP contribution in [-0.4, -0.2) is 36.2 Å². The van der Waals surface area contributed by atoms with Crippen LogP contribution in [0.25, 0.3) is 11.0 Å². The molecule has 0 fully saturated rings. The molecule has 0 aliphatic carbocycles. The van der Waals surface area contributed by atoms with E-state index in [4.69, 9.17) is 15.2 Å². The van der Waals surface area contributed by atoms with Crippen LogP contribution in [0.4, 0.5) is 11.6 Å². The Morgan fingerprint density at radius 3 is 2.67 bits per heavy atom. The second-order valence-corrected chi connectivity index (χ2v) is 5.34. The molecule has 3 rings (SSSR count). The fraction of sp³-hybridized carbons (Fsp3) is 0.235. The van der Waals surface area contributed by atoms with Crippen molar-refractivity contribution in [3.63, 3.8) is 0 Å². The Labute approximate surface area is 140 Å². The zero-order valence-corrected chi connectivity index (χ0v) is 13.9. The summed E-state index contributed by atoms with van der Waals surface area (Å²) in [4.78, 5) is 14.8. The first kappa shape index (κ1) is 15.8. The molecule has 0 amide bonds. The number of benzene rings is 1. The minimum Gasteiger partial charge on any atom is -0.497 e. The Morgan fingerprint density at radius 2 is 1.92 bits per heavy atom. The highest BCUT2D eigenvalue weighted by molar-refractivity contribution is 5.87. The molecule has 2 N–H and O–H groups in total. The summed E-state index contributed by atoms with van der Waals surface area (Å²) in [6.45, 7) is 0.615. The lowest BCUT2D eigenvalue weighted by atomic mass is 10.1. The highest BCUT2D eigenvalue weighted by Gasteiger charge is 2.13. The van der Waals surface area contributed by atoms with Crippen LogP contribution >= 0.6 is 0 Å². The van der Waals surface area contributed by atoms with Gasteiger partial charge in [-0.1, -0.05) is 0 Å². The van der Waals surface area contributed by atoms with Crippen molar-refractivity contribution >= 4 is 22.7 Å². The van der Waals surface area contributed by atoms with E-state index in [1.807, 2.05) is 36.2 Å². The molecule has 0 atom stereocenters. The largest absolute Gasteiger partial charge is 0.497 e. The number of aromatic nitrogens is 3. The molecule has 2 aromatic heterocycles. The molecule has 0 saturated carbocycles. The van der Waals surface area contributed by atoms with Crippen LogP contribution < -0.4 is 20.1 Å². The topological polar surface area (TPSA) is 86.4 Å². The van der Waals surface area contributed by atoms with Gasteiger partial charge in [-0.3, -0.25) is 0 Å². The summed E-state index contributed by atoms with van der Waals surface area (Å²) in [7, 11) is 5.24. The van der Waals surface area contributed by atoms with E-state index >= 15 is 0 Å². The van der Waals surface area contributed by atoms with Crippen LogP contribution in [0.5, 0.6) is 11.5 Å². The molecule has 0 aliphatic heterocycles. The highest BCUT2D eigenvalue weighted by atomic mass is 16.5. The van der Waals surface area contributed by atoms with Crippen LogP contribution in [0.2, 0.25) is 0 Å². The second-order valence-electron chi connectivity index (χ2n) is 5.34. The summed E-state index contributed by atoms with van der Waals surface area (Å²) in [5, 5.41) is 0.849. The van der Waals surface area contributed by atoms with Crippen LogP contribution in [0.1, 0.15) is 5.56 Å². The van der Waals surface area contributed by atoms with E-state index in [1.54, 1.807) is 20.3 Å². The number of fused-ring (bicyclic) bond motifs is 1. The monoisotopic (exact) mass is 325 g/mol. The van der Waals surface area contributed by atoms with Gasteiger partial charge in [0.2, 0.25) is 0 Å². The number of pyridine rings is 1. The molecular formula is C17H19N5O2. The molecule has 0 radical (unpaired) electrons. The standard InChI is InChI=1S/C17H19N5O2/c1-22(9-11-4-5-12(23-2)8-14(11)24-3)17-13-6-7-15(18)21-16(13)19-10-20-17/h4-8,10H,9H2,1-3H3,(H2,18,19,20,21). The fourth-order valence-electron chi connectivity index (χ4n) is 2.56. The summed E-state index contributed by atoms with van der Waals surface area (Å²) >= 11 is 0. The Kier molecular flexibility index (Phi) is 4.33. The van der Waals surface area contributed by atoms with E-state index in [0.29, 0.717) is 18.0 Å². The molecule has 2 heterocycles. The van der Waals surface area contributed by atoms with Crippen molar-refractivity contribution in [2.75, 3.05) is 31.9 Å². The van der Waals surface area contributed by atoms with Gasteiger partial charge in [-0.25, -0.2) is 15.0 Å². The van der Waals surface area contributed by atoms with Gasteiger partial charge in [0.15, 0.2) is 5.65 Å². The number of nitrogen functional groups attached to an aromatic ring is 1. The quantitative estimate of drug-likeness (QED) is 0.770. The molecule has 0 spiro atoms. The molecule has 7 heteroatoms. The molecule has 3 aromatic rings. The first-order chi connectivity index (χ1) is 11.6. The van der Waals surface area contributed by atoms with Crippen molar-refractivity contribution in [2.24, 2.45) is 0 Å². The number of nitrogens with zero attached hydrogens (tertiary/aromatic N) is 4. The summed E-state index contributed by atoms with van der Waals surface area (Å²) in [6.07, 6.45) is 1.49. The molecule has 0 unspecified atom stereocenters. The minimum atomic E-state index is 0.437. The SMILES string of the molecule is COc1ccc(CN(C)c2ncnc3nc(N)ccc23)c(OC)c1. The molecule has 7 nitrogen and oxygen atoms in total. The second kappa shape index (κ2) is 6.57. The maximum absolute atomic E-state index is 5.73. The molecular weight excluding hydrogens is 306 g/mol. The van der Waals surface area contributed by atoms with Crippen molar-refractivity contribution in [3.8, 4) is 11.5 Å². The highest BCUT2D eigenvalue weighted by Crippen LogP contribution is 2.28. The van der Waals surface area contributed by atoms with E-state index in [1.165, 1.54) is 6.33 Å². The Balaban J connectivity index is 1.94. The van der Waals surface area contributed by atoms with Gasteiger partial charge in [-0.15, -0.1) is 0 Å². The molecule has 0 saturated heterocycles. The first-order valence-electron chi connectivity index (χ1n) is 7.41. The summed E-state index contributed by atoms with van der Waals surface area (Å²) in [5.41, 5.74) is 7.33. The maximum atomic E-state index is 5.73. The number of hydrogen-bond donors (Lipinski definition) is 1. The predicted molar refractivity (Wildman–Crippen MR) is 93.4 cm³/mol. The number of nitrogens with two attached hydrogens (primary N) is 1. The van der Waals surface area contributed by atoms with E-state index < -0.39 is 0 Å². The Morgan fingerprint density at radius 1 is 1.08 bits per heavy atom. The summed E-state index contributed by atoms with van der Waals surface area (Å²) in [5.74, 6) is 2.74. The molecule has 124 valence electrons. The van der Waals surface area contributed by atoms with Gasteiger partial charge in [-0.2, -0.15) is 0 Å². The number of methoxy groups -OCH3 is 2. The van der Waals surface area contributed by atoms with Crippen molar-refractivity contribution < 1.29 is 9.47 Å². The van der Waals surface area contributed by atoms with E-state index in [2.05, 4.69) is 15.0 Å². The zero-order chi connectivity index (χ0) is 17.1. The smallest absolute Gasteiger partial charge is 0.166 e. The van der Waals surface area contributed by atoms with Crippen LogP contribution in [0.15, 0.2) is 36.7 Å². The minimum absolute atomic E-state index is 0.437. The van der Waals surface area contributed by atoms with Crippen LogP contribution in [-0.2, 0) is 6.54 Å². The van der Waals surface area contributed by atoms with E-state index in [-0.39, 0.29) is 0 Å². The predicted octanol–water partition coefficient (Wildman–Crippen LogP) is 2.26. The van der Waals surface area contributed by atoms with Crippen molar-refractivity contribution in [1.29, 1.82) is 0 Å². The average Bonchev–Trinajstić information content (AvgIpc) is 2.61. The van der Waals surface area contributed by atoms with Gasteiger partial charge in [0, 0.05) is 25.2 Å². The maximum Gasteiger partial charge on any atom is 0.166 e. The normalized spacial score (nSPS) is 10.6. The van der Waals surface area contributed by atoms with Crippen LogP contribution in [0, 0.1) is 0 Å². The van der Waals surface area contributed by atoms with Crippen LogP contribution in [0.3, 0.4) is 0 Å². The van der Waals surface area contributed by atoms with Gasteiger partial charge in [0.05, 0.1) is 19.6 Å². The molecule has 0 aliphatic rings. The fourth-order valence-corrected chi connectivity index (χ4v) is 2.56. The van der Waals surface area contributed by atoms with Crippen molar-refractivity contribution in [2.45, 2.75) is 6.54 Å². The lowest BCUT2D eigenvalue weighted by molar-refractivity contribution is 0.391. The van der Waals surface area contributed by atoms with E-state index in [0.717, 1.165) is 28.3 Å². The Hall–Kier alpha value is -3.09. The molecule has 0 bridgehead atoms. The number of hydrogen-bond acceptors (Lipinski definition) is 7. The third-order valence-electron chi connectivity index (χ3n) is 3.76. The molecule has 24 heavy (non-hydrogen) atoms. The number of anilines is 2. The summed E-state index contributed by atoms with van der Waals surface area (Å²) in [6, 6.07) is 9.38. The third kappa shape index (κ3) is 3.01.